The van der Waals surface area contributed by atoms with Crippen molar-refractivity contribution in [3.8, 4) is 5.75 Å². The van der Waals surface area contributed by atoms with Crippen LogP contribution in [0.2, 0.25) is 0 Å². The van der Waals surface area contributed by atoms with Gasteiger partial charge in [0.05, 0.1) is 19.1 Å². The molecule has 0 radical (unpaired) electrons. The van der Waals surface area contributed by atoms with Crippen LogP contribution in [0.5, 0.6) is 5.75 Å². The summed E-state index contributed by atoms with van der Waals surface area (Å²) in [5, 5.41) is 14.3. The van der Waals surface area contributed by atoms with Gasteiger partial charge in [0.15, 0.2) is 5.17 Å². The lowest BCUT2D eigenvalue weighted by molar-refractivity contribution is -0.384. The zero-order valence-corrected chi connectivity index (χ0v) is 20.4. The number of nitrogens with zero attached hydrogens (tertiary/aromatic N) is 2. The first-order valence-electron chi connectivity index (χ1n) is 9.89. The van der Waals surface area contributed by atoms with E-state index in [1.54, 1.807) is 12.1 Å². The summed E-state index contributed by atoms with van der Waals surface area (Å²) in [6, 6.07) is 19.7. The Kier molecular flexibility index (Phi) is 7.09. The minimum absolute atomic E-state index is 0.0328. The number of aliphatic imine (C=N–C) groups is 1. The van der Waals surface area contributed by atoms with Gasteiger partial charge in [0.25, 0.3) is 11.6 Å². The molecule has 4 rings (SSSR count). The number of nitrogens with one attached hydrogen (secondary N) is 1. The van der Waals surface area contributed by atoms with Crippen LogP contribution < -0.4 is 10.1 Å². The number of nitro benzene ring substituents is 1. The number of ether oxygens (including phenoxy) is 1. The number of amidine groups is 1. The summed E-state index contributed by atoms with van der Waals surface area (Å²) in [6.07, 6.45) is 1.81. The molecule has 3 aromatic rings. The van der Waals surface area contributed by atoms with E-state index in [0.29, 0.717) is 21.4 Å². The SMILES string of the molecule is Cc1ccc(N=C2NC(=O)/C(=C\c3ccc(OCc4cccc([N+](=O)[O-])c4)c(I)c3)S2)cc1. The molecule has 1 amide bonds. The molecule has 0 spiro atoms. The van der Waals surface area contributed by atoms with Crippen LogP contribution in [-0.2, 0) is 11.4 Å². The van der Waals surface area contributed by atoms with Crippen molar-refractivity contribution in [2.75, 3.05) is 0 Å². The number of hydrogen-bond donors (Lipinski definition) is 1. The number of benzene rings is 3. The Morgan fingerprint density at radius 1 is 1.15 bits per heavy atom. The lowest BCUT2D eigenvalue weighted by Crippen LogP contribution is -2.19. The van der Waals surface area contributed by atoms with Crippen molar-refractivity contribution >= 4 is 62.9 Å². The third kappa shape index (κ3) is 5.99. The van der Waals surface area contributed by atoms with Gasteiger partial charge in [0, 0.05) is 12.1 Å². The smallest absolute Gasteiger partial charge is 0.269 e. The highest BCUT2D eigenvalue weighted by atomic mass is 127. The predicted octanol–water partition coefficient (Wildman–Crippen LogP) is 5.98. The normalized spacial score (nSPS) is 15.6. The van der Waals surface area contributed by atoms with Gasteiger partial charge < -0.3 is 10.1 Å². The number of carbonyl (C=O) groups is 1. The number of nitro groups is 1. The molecular formula is C24H18IN3O4S. The zero-order chi connectivity index (χ0) is 23.4. The first kappa shape index (κ1) is 23.0. The van der Waals surface area contributed by atoms with Crippen LogP contribution in [-0.4, -0.2) is 16.0 Å². The van der Waals surface area contributed by atoms with E-state index in [9.17, 15) is 14.9 Å². The summed E-state index contributed by atoms with van der Waals surface area (Å²) in [4.78, 5) is 27.9. The van der Waals surface area contributed by atoms with Crippen molar-refractivity contribution in [1.29, 1.82) is 0 Å². The van der Waals surface area contributed by atoms with Crippen LogP contribution in [0.25, 0.3) is 6.08 Å². The first-order chi connectivity index (χ1) is 15.9. The van der Waals surface area contributed by atoms with E-state index in [2.05, 4.69) is 32.9 Å². The topological polar surface area (TPSA) is 93.8 Å². The van der Waals surface area contributed by atoms with Crippen molar-refractivity contribution in [2.45, 2.75) is 13.5 Å². The van der Waals surface area contributed by atoms with Gasteiger partial charge in [-0.25, -0.2) is 4.99 Å². The molecule has 0 bridgehead atoms. The van der Waals surface area contributed by atoms with Gasteiger partial charge in [0.1, 0.15) is 12.4 Å². The second-order valence-corrected chi connectivity index (χ2v) is 9.42. The second kappa shape index (κ2) is 10.2. The Labute approximate surface area is 208 Å². The van der Waals surface area contributed by atoms with Crippen LogP contribution >= 0.6 is 34.4 Å². The van der Waals surface area contributed by atoms with E-state index in [1.807, 2.05) is 55.5 Å². The van der Waals surface area contributed by atoms with Crippen LogP contribution in [0.4, 0.5) is 11.4 Å². The molecule has 0 unspecified atom stereocenters. The maximum absolute atomic E-state index is 12.4. The molecule has 1 N–H and O–H groups in total. The Hall–Kier alpha value is -3.18. The van der Waals surface area contributed by atoms with Crippen LogP contribution in [0.15, 0.2) is 76.6 Å². The lowest BCUT2D eigenvalue weighted by Gasteiger charge is -2.09. The van der Waals surface area contributed by atoms with E-state index < -0.39 is 4.92 Å². The number of non-ortho nitro benzene ring substituents is 1. The number of amides is 1. The minimum atomic E-state index is -0.427. The summed E-state index contributed by atoms with van der Waals surface area (Å²) in [5.74, 6) is 0.473. The number of aryl methyl sites for hydroxylation is 1. The molecule has 1 saturated heterocycles. The fourth-order valence-corrected chi connectivity index (χ4v) is 4.55. The Balaban J connectivity index is 1.44. The molecule has 0 aliphatic carbocycles. The molecule has 1 aliphatic heterocycles. The standard InChI is InChI=1S/C24H18IN3O4S/c1-15-5-8-18(9-6-15)26-24-27-23(29)22(33-24)13-16-7-10-21(20(25)12-16)32-14-17-3-2-4-19(11-17)28(30)31/h2-13H,14H2,1H3,(H,26,27,29)/b22-13+. The summed E-state index contributed by atoms with van der Waals surface area (Å²) in [7, 11) is 0. The maximum atomic E-state index is 12.4. The molecule has 9 heteroatoms. The zero-order valence-electron chi connectivity index (χ0n) is 17.4. The van der Waals surface area contributed by atoms with Gasteiger partial charge in [-0.2, -0.15) is 0 Å². The molecule has 33 heavy (non-hydrogen) atoms. The third-order valence-corrected chi connectivity index (χ3v) is 6.44. The molecule has 0 atom stereocenters. The molecular weight excluding hydrogens is 553 g/mol. The maximum Gasteiger partial charge on any atom is 0.269 e. The summed E-state index contributed by atoms with van der Waals surface area (Å²) < 4.78 is 6.71. The highest BCUT2D eigenvalue weighted by molar-refractivity contribution is 14.1. The summed E-state index contributed by atoms with van der Waals surface area (Å²) >= 11 is 3.46. The molecule has 0 aromatic heterocycles. The fraction of sp³-hybridized carbons (Fsp3) is 0.0833. The number of halogens is 1. The molecule has 3 aromatic carbocycles. The second-order valence-electron chi connectivity index (χ2n) is 7.22. The van der Waals surface area contributed by atoms with Gasteiger partial charge in [-0.15, -0.1) is 0 Å². The average molecular weight is 571 g/mol. The van der Waals surface area contributed by atoms with Gasteiger partial charge >= 0.3 is 0 Å². The van der Waals surface area contributed by atoms with Crippen LogP contribution in [0.1, 0.15) is 16.7 Å². The van der Waals surface area contributed by atoms with Crippen molar-refractivity contribution in [3.63, 3.8) is 0 Å². The Bertz CT molecular complexity index is 1290. The van der Waals surface area contributed by atoms with E-state index in [1.165, 1.54) is 23.9 Å². The van der Waals surface area contributed by atoms with Crippen LogP contribution in [0, 0.1) is 20.6 Å². The van der Waals surface area contributed by atoms with E-state index >= 15 is 0 Å². The molecule has 1 aliphatic rings. The monoisotopic (exact) mass is 571 g/mol. The molecule has 7 nitrogen and oxygen atoms in total. The van der Waals surface area contributed by atoms with Gasteiger partial charge in [-0.05, 0) is 82.7 Å². The lowest BCUT2D eigenvalue weighted by atomic mass is 10.2. The van der Waals surface area contributed by atoms with Crippen molar-refractivity contribution in [2.24, 2.45) is 4.99 Å². The third-order valence-electron chi connectivity index (χ3n) is 4.68. The number of rotatable bonds is 6. The molecule has 166 valence electrons. The number of carbonyl (C=O) groups excluding carboxylic acids is 1. The van der Waals surface area contributed by atoms with E-state index in [-0.39, 0.29) is 18.2 Å². The van der Waals surface area contributed by atoms with E-state index in [4.69, 9.17) is 4.74 Å². The summed E-state index contributed by atoms with van der Waals surface area (Å²) in [6.45, 7) is 2.23. The quantitative estimate of drug-likeness (QED) is 0.170. The number of hydrogen-bond acceptors (Lipinski definition) is 6. The predicted molar refractivity (Wildman–Crippen MR) is 139 cm³/mol. The highest BCUT2D eigenvalue weighted by Crippen LogP contribution is 2.30. The Morgan fingerprint density at radius 3 is 2.67 bits per heavy atom. The van der Waals surface area contributed by atoms with Gasteiger partial charge in [-0.3, -0.25) is 14.9 Å². The van der Waals surface area contributed by atoms with Gasteiger partial charge in [-0.1, -0.05) is 35.9 Å². The van der Waals surface area contributed by atoms with Crippen molar-refractivity contribution < 1.29 is 14.5 Å². The molecule has 1 fully saturated rings. The number of thioether (sulfide) groups is 1. The van der Waals surface area contributed by atoms with E-state index in [0.717, 1.165) is 20.4 Å². The highest BCUT2D eigenvalue weighted by Gasteiger charge is 2.23. The fourth-order valence-electron chi connectivity index (χ4n) is 3.01. The minimum Gasteiger partial charge on any atom is -0.488 e. The van der Waals surface area contributed by atoms with Gasteiger partial charge in [0.2, 0.25) is 0 Å². The van der Waals surface area contributed by atoms with Crippen molar-refractivity contribution in [1.82, 2.24) is 5.32 Å². The first-order valence-corrected chi connectivity index (χ1v) is 11.8. The summed E-state index contributed by atoms with van der Waals surface area (Å²) in [5.41, 5.74) is 3.53. The van der Waals surface area contributed by atoms with Crippen LogP contribution in [0.3, 0.4) is 0 Å². The molecule has 1 heterocycles. The Morgan fingerprint density at radius 2 is 1.94 bits per heavy atom. The van der Waals surface area contributed by atoms with Crippen molar-refractivity contribution in [3.05, 3.63) is 102 Å². The largest absolute Gasteiger partial charge is 0.488 e. The molecule has 0 saturated carbocycles. The average Bonchev–Trinajstić information content (AvgIpc) is 3.13.